The molecule has 4 rings (SSSR count). The van der Waals surface area contributed by atoms with Gasteiger partial charge in [-0.25, -0.2) is 17.2 Å². The van der Waals surface area contributed by atoms with Crippen molar-refractivity contribution in [1.82, 2.24) is 4.31 Å². The number of hydrogen-bond acceptors (Lipinski definition) is 4. The van der Waals surface area contributed by atoms with E-state index < -0.39 is 26.6 Å². The molecule has 0 radical (unpaired) electrons. The van der Waals surface area contributed by atoms with Crippen LogP contribution in [0.15, 0.2) is 45.8 Å². The summed E-state index contributed by atoms with van der Waals surface area (Å²) in [5.41, 5.74) is 2.22. The number of ether oxygens (including phenoxy) is 1. The first-order chi connectivity index (χ1) is 13.4. The Hall–Kier alpha value is -1.55. The highest BCUT2D eigenvalue weighted by atomic mass is 79.9. The predicted octanol–water partition coefficient (Wildman–Crippen LogP) is 3.87. The SMILES string of the molecule is O=S(=O)(c1cc(F)c(Br)cc1F)N1CCC(N2COCc3ccccc32)CC1. The third-order valence-electron chi connectivity index (χ3n) is 5.25. The first-order valence-electron chi connectivity index (χ1n) is 8.95. The summed E-state index contributed by atoms with van der Waals surface area (Å²) in [7, 11) is -4.10. The van der Waals surface area contributed by atoms with Crippen molar-refractivity contribution in [1.29, 1.82) is 0 Å². The quantitative estimate of drug-likeness (QED) is 0.636. The van der Waals surface area contributed by atoms with E-state index in [-0.39, 0.29) is 23.6 Å². The molecular weight excluding hydrogens is 454 g/mol. The molecule has 1 fully saturated rings. The Balaban J connectivity index is 1.51. The molecule has 0 atom stereocenters. The van der Waals surface area contributed by atoms with E-state index in [0.29, 0.717) is 26.2 Å². The van der Waals surface area contributed by atoms with Gasteiger partial charge >= 0.3 is 0 Å². The molecule has 5 nitrogen and oxygen atoms in total. The molecular formula is C19H19BrF2N2O3S. The van der Waals surface area contributed by atoms with Gasteiger partial charge in [0.05, 0.1) is 11.1 Å². The maximum Gasteiger partial charge on any atom is 0.246 e. The van der Waals surface area contributed by atoms with Crippen molar-refractivity contribution >= 4 is 31.6 Å². The highest BCUT2D eigenvalue weighted by Crippen LogP contribution is 2.32. The van der Waals surface area contributed by atoms with Gasteiger partial charge in [0.15, 0.2) is 0 Å². The van der Waals surface area contributed by atoms with Crippen molar-refractivity contribution in [3.05, 3.63) is 58.1 Å². The molecule has 0 bridgehead atoms. The average Bonchev–Trinajstić information content (AvgIpc) is 2.70. The summed E-state index contributed by atoms with van der Waals surface area (Å²) in [6.45, 7) is 1.50. The summed E-state index contributed by atoms with van der Waals surface area (Å²) in [4.78, 5) is 1.53. The van der Waals surface area contributed by atoms with Gasteiger partial charge < -0.3 is 9.64 Å². The Morgan fingerprint density at radius 1 is 1.07 bits per heavy atom. The number of fused-ring (bicyclic) bond motifs is 1. The molecule has 2 aromatic rings. The van der Waals surface area contributed by atoms with Gasteiger partial charge in [0, 0.05) is 30.4 Å². The molecule has 2 aliphatic rings. The first kappa shape index (κ1) is 19.8. The van der Waals surface area contributed by atoms with Gasteiger partial charge in [0.25, 0.3) is 0 Å². The van der Waals surface area contributed by atoms with E-state index in [2.05, 4.69) is 20.8 Å². The lowest BCUT2D eigenvalue weighted by Crippen LogP contribution is -2.48. The molecule has 1 saturated heterocycles. The van der Waals surface area contributed by atoms with E-state index in [1.165, 1.54) is 4.31 Å². The van der Waals surface area contributed by atoms with Gasteiger partial charge in [0.1, 0.15) is 23.3 Å². The van der Waals surface area contributed by atoms with Crippen LogP contribution >= 0.6 is 15.9 Å². The van der Waals surface area contributed by atoms with Crippen LogP contribution in [0.1, 0.15) is 18.4 Å². The fraction of sp³-hybridized carbons (Fsp3) is 0.368. The second-order valence-corrected chi connectivity index (χ2v) is 9.67. The Labute approximate surface area is 171 Å². The zero-order valence-corrected chi connectivity index (χ0v) is 17.3. The van der Waals surface area contributed by atoms with Crippen LogP contribution in [-0.2, 0) is 21.4 Å². The van der Waals surface area contributed by atoms with Crippen LogP contribution < -0.4 is 4.90 Å². The van der Waals surface area contributed by atoms with Crippen molar-refractivity contribution in [2.24, 2.45) is 0 Å². The molecule has 0 aromatic heterocycles. The minimum atomic E-state index is -4.10. The molecule has 150 valence electrons. The van der Waals surface area contributed by atoms with Gasteiger partial charge in [-0.15, -0.1) is 0 Å². The molecule has 9 heteroatoms. The maximum absolute atomic E-state index is 14.2. The van der Waals surface area contributed by atoms with Crippen LogP contribution in [0.3, 0.4) is 0 Å². The second kappa shape index (κ2) is 7.70. The fourth-order valence-electron chi connectivity index (χ4n) is 3.77. The van der Waals surface area contributed by atoms with Crippen molar-refractivity contribution in [2.45, 2.75) is 30.4 Å². The zero-order valence-electron chi connectivity index (χ0n) is 14.9. The molecule has 0 unspecified atom stereocenters. The fourth-order valence-corrected chi connectivity index (χ4v) is 5.62. The number of piperidine rings is 1. The van der Waals surface area contributed by atoms with Gasteiger partial charge in [-0.05, 0) is 47.0 Å². The second-order valence-electron chi connectivity index (χ2n) is 6.91. The minimum Gasteiger partial charge on any atom is -0.356 e. The van der Waals surface area contributed by atoms with E-state index in [1.807, 2.05) is 24.3 Å². The molecule has 0 amide bonds. The molecule has 2 heterocycles. The summed E-state index contributed by atoms with van der Waals surface area (Å²) in [5, 5.41) is 0. The Morgan fingerprint density at radius 3 is 2.54 bits per heavy atom. The van der Waals surface area contributed by atoms with Crippen LogP contribution in [0.5, 0.6) is 0 Å². The summed E-state index contributed by atoms with van der Waals surface area (Å²) in [6.07, 6.45) is 1.16. The zero-order chi connectivity index (χ0) is 19.9. The summed E-state index contributed by atoms with van der Waals surface area (Å²) < 4.78 is 60.4. The number of sulfonamides is 1. The first-order valence-corrected chi connectivity index (χ1v) is 11.2. The number of rotatable bonds is 3. The number of para-hydroxylation sites is 1. The van der Waals surface area contributed by atoms with Crippen molar-refractivity contribution in [3.63, 3.8) is 0 Å². The normalized spacial score (nSPS) is 18.9. The highest BCUT2D eigenvalue weighted by molar-refractivity contribution is 9.10. The van der Waals surface area contributed by atoms with Gasteiger partial charge in [-0.1, -0.05) is 18.2 Å². The summed E-state index contributed by atoms with van der Waals surface area (Å²) in [5.74, 6) is -1.77. The monoisotopic (exact) mass is 472 g/mol. The third kappa shape index (κ3) is 3.56. The number of hydrogen-bond donors (Lipinski definition) is 0. The van der Waals surface area contributed by atoms with E-state index in [0.717, 1.165) is 23.4 Å². The van der Waals surface area contributed by atoms with Gasteiger partial charge in [-0.3, -0.25) is 0 Å². The number of nitrogens with zero attached hydrogens (tertiary/aromatic N) is 2. The Bertz CT molecular complexity index is 995. The standard InChI is InChI=1S/C19H19BrF2N2O3S/c20-15-9-17(22)19(10-16(15)21)28(25,26)23-7-5-14(6-8-23)24-12-27-11-13-3-1-2-4-18(13)24/h1-4,9-10,14H,5-8,11-12H2. The minimum absolute atomic E-state index is 0.105. The van der Waals surface area contributed by atoms with E-state index in [9.17, 15) is 17.2 Å². The molecule has 2 aromatic carbocycles. The van der Waals surface area contributed by atoms with E-state index >= 15 is 0 Å². The number of anilines is 1. The third-order valence-corrected chi connectivity index (χ3v) is 7.77. The van der Waals surface area contributed by atoms with Crippen LogP contribution in [0.4, 0.5) is 14.5 Å². The summed E-state index contributed by atoms with van der Waals surface area (Å²) in [6, 6.07) is 9.70. The molecule has 0 aliphatic carbocycles. The van der Waals surface area contributed by atoms with E-state index in [1.54, 1.807) is 0 Å². The molecule has 0 saturated carbocycles. The Kier molecular flexibility index (Phi) is 5.43. The maximum atomic E-state index is 14.2. The van der Waals surface area contributed by atoms with Crippen LogP contribution in [0.25, 0.3) is 0 Å². The molecule has 2 aliphatic heterocycles. The lowest BCUT2D eigenvalue weighted by atomic mass is 10.0. The van der Waals surface area contributed by atoms with Crippen molar-refractivity contribution in [3.8, 4) is 0 Å². The smallest absolute Gasteiger partial charge is 0.246 e. The average molecular weight is 473 g/mol. The predicted molar refractivity (Wildman–Crippen MR) is 104 cm³/mol. The van der Waals surface area contributed by atoms with Gasteiger partial charge in [0.2, 0.25) is 10.0 Å². The molecule has 0 spiro atoms. The van der Waals surface area contributed by atoms with Gasteiger partial charge in [-0.2, -0.15) is 4.31 Å². The number of benzene rings is 2. The van der Waals surface area contributed by atoms with E-state index in [4.69, 9.17) is 4.74 Å². The largest absolute Gasteiger partial charge is 0.356 e. The van der Waals surface area contributed by atoms with Crippen LogP contribution in [0, 0.1) is 11.6 Å². The lowest BCUT2D eigenvalue weighted by Gasteiger charge is -2.41. The lowest BCUT2D eigenvalue weighted by molar-refractivity contribution is 0.0987. The Morgan fingerprint density at radius 2 is 1.79 bits per heavy atom. The summed E-state index contributed by atoms with van der Waals surface area (Å²) >= 11 is 2.87. The van der Waals surface area contributed by atoms with Crippen LogP contribution in [0.2, 0.25) is 0 Å². The topological polar surface area (TPSA) is 49.9 Å². The van der Waals surface area contributed by atoms with Crippen molar-refractivity contribution in [2.75, 3.05) is 24.7 Å². The number of halogens is 3. The highest BCUT2D eigenvalue weighted by Gasteiger charge is 2.35. The van der Waals surface area contributed by atoms with Crippen LogP contribution in [-0.4, -0.2) is 38.6 Å². The molecule has 0 N–H and O–H groups in total. The van der Waals surface area contributed by atoms with Crippen molar-refractivity contribution < 1.29 is 21.9 Å². The molecule has 28 heavy (non-hydrogen) atoms.